The van der Waals surface area contributed by atoms with Crippen LogP contribution in [0.5, 0.6) is 0 Å². The molecule has 0 aliphatic rings. The van der Waals surface area contributed by atoms with Crippen molar-refractivity contribution in [3.8, 4) is 0 Å². The molecule has 2 nitrogen and oxygen atoms in total. The number of nitrogens with zero attached hydrogens (tertiary/aromatic N) is 1. The van der Waals surface area contributed by atoms with Crippen molar-refractivity contribution in [1.29, 1.82) is 0 Å². The van der Waals surface area contributed by atoms with Gasteiger partial charge in [0.15, 0.2) is 0 Å². The molecule has 0 saturated carbocycles. The first-order valence-corrected chi connectivity index (χ1v) is 7.48. The SMILES string of the molecule is CCc1cccnc1CNC(C)c1ccc(Cl)cc1Cl. The standard InChI is InChI=1S/C16H18Cl2N2/c1-3-12-5-4-8-19-16(12)10-20-11(2)14-7-6-13(17)9-15(14)18/h4-9,11,20H,3,10H2,1-2H3. The van der Waals surface area contributed by atoms with Gasteiger partial charge in [-0.3, -0.25) is 4.98 Å². The zero-order chi connectivity index (χ0) is 14.5. The lowest BCUT2D eigenvalue weighted by molar-refractivity contribution is 0.565. The molecule has 0 fully saturated rings. The van der Waals surface area contributed by atoms with E-state index in [9.17, 15) is 0 Å². The van der Waals surface area contributed by atoms with Gasteiger partial charge in [0.1, 0.15) is 0 Å². The van der Waals surface area contributed by atoms with E-state index in [1.807, 2.05) is 24.4 Å². The van der Waals surface area contributed by atoms with E-state index in [-0.39, 0.29) is 6.04 Å². The Bertz CT molecular complexity index is 584. The average Bonchev–Trinajstić information content (AvgIpc) is 2.45. The molecule has 1 atom stereocenters. The van der Waals surface area contributed by atoms with Crippen molar-refractivity contribution in [2.75, 3.05) is 0 Å². The second-order valence-corrected chi connectivity index (χ2v) is 5.57. The van der Waals surface area contributed by atoms with Gasteiger partial charge in [0.2, 0.25) is 0 Å². The Morgan fingerprint density at radius 3 is 2.75 bits per heavy atom. The van der Waals surface area contributed by atoms with Crippen LogP contribution < -0.4 is 5.32 Å². The highest BCUT2D eigenvalue weighted by Crippen LogP contribution is 2.26. The van der Waals surface area contributed by atoms with Crippen LogP contribution in [0.2, 0.25) is 10.0 Å². The molecule has 20 heavy (non-hydrogen) atoms. The maximum atomic E-state index is 6.22. The first-order valence-electron chi connectivity index (χ1n) is 6.73. The molecule has 1 N–H and O–H groups in total. The molecule has 1 heterocycles. The van der Waals surface area contributed by atoms with E-state index in [0.717, 1.165) is 24.2 Å². The van der Waals surface area contributed by atoms with E-state index in [1.54, 1.807) is 6.07 Å². The number of hydrogen-bond acceptors (Lipinski definition) is 2. The summed E-state index contributed by atoms with van der Waals surface area (Å²) in [4.78, 5) is 4.44. The van der Waals surface area contributed by atoms with Crippen molar-refractivity contribution in [2.24, 2.45) is 0 Å². The van der Waals surface area contributed by atoms with Crippen LogP contribution in [-0.4, -0.2) is 4.98 Å². The van der Waals surface area contributed by atoms with Gasteiger partial charge in [-0.1, -0.05) is 42.3 Å². The van der Waals surface area contributed by atoms with Crippen molar-refractivity contribution in [2.45, 2.75) is 32.9 Å². The Kier molecular flexibility index (Phi) is 5.41. The van der Waals surface area contributed by atoms with Gasteiger partial charge in [-0.15, -0.1) is 0 Å². The number of hydrogen-bond donors (Lipinski definition) is 1. The second-order valence-electron chi connectivity index (χ2n) is 4.73. The summed E-state index contributed by atoms with van der Waals surface area (Å²) in [5, 5.41) is 4.81. The number of rotatable bonds is 5. The Morgan fingerprint density at radius 2 is 2.05 bits per heavy atom. The highest BCUT2D eigenvalue weighted by Gasteiger charge is 2.10. The maximum Gasteiger partial charge on any atom is 0.0573 e. The number of pyridine rings is 1. The molecule has 0 radical (unpaired) electrons. The fraction of sp³-hybridized carbons (Fsp3) is 0.312. The van der Waals surface area contributed by atoms with Crippen LogP contribution in [0.15, 0.2) is 36.5 Å². The van der Waals surface area contributed by atoms with E-state index in [1.165, 1.54) is 5.56 Å². The molecule has 2 aromatic rings. The molecule has 0 saturated heterocycles. The molecule has 0 aliphatic heterocycles. The Hall–Kier alpha value is -1.09. The number of halogens is 2. The minimum Gasteiger partial charge on any atom is -0.305 e. The van der Waals surface area contributed by atoms with E-state index < -0.39 is 0 Å². The van der Waals surface area contributed by atoms with Crippen molar-refractivity contribution in [3.05, 3.63) is 63.4 Å². The lowest BCUT2D eigenvalue weighted by Gasteiger charge is -2.16. The first kappa shape index (κ1) is 15.3. The van der Waals surface area contributed by atoms with Crippen LogP contribution in [0, 0.1) is 0 Å². The second kappa shape index (κ2) is 7.07. The lowest BCUT2D eigenvalue weighted by atomic mass is 10.1. The average molecular weight is 309 g/mol. The fourth-order valence-corrected chi connectivity index (χ4v) is 2.74. The van der Waals surface area contributed by atoms with Gasteiger partial charge in [-0.05, 0) is 42.7 Å². The third kappa shape index (κ3) is 3.72. The zero-order valence-corrected chi connectivity index (χ0v) is 13.2. The summed E-state index contributed by atoms with van der Waals surface area (Å²) in [5.74, 6) is 0. The summed E-state index contributed by atoms with van der Waals surface area (Å²) in [6.07, 6.45) is 2.82. The Morgan fingerprint density at radius 1 is 1.25 bits per heavy atom. The predicted octanol–water partition coefficient (Wildman–Crippen LogP) is 4.80. The van der Waals surface area contributed by atoms with Crippen molar-refractivity contribution < 1.29 is 0 Å². The zero-order valence-electron chi connectivity index (χ0n) is 11.7. The molecule has 106 valence electrons. The molecular weight excluding hydrogens is 291 g/mol. The smallest absolute Gasteiger partial charge is 0.0573 e. The summed E-state index contributed by atoms with van der Waals surface area (Å²) in [5.41, 5.74) is 3.41. The number of benzene rings is 1. The monoisotopic (exact) mass is 308 g/mol. The molecule has 0 spiro atoms. The third-order valence-corrected chi connectivity index (χ3v) is 3.93. The van der Waals surface area contributed by atoms with Crippen LogP contribution in [0.1, 0.15) is 36.7 Å². The van der Waals surface area contributed by atoms with Crippen molar-refractivity contribution in [3.63, 3.8) is 0 Å². The summed E-state index contributed by atoms with van der Waals surface area (Å²) in [6.45, 7) is 4.95. The van der Waals surface area contributed by atoms with Gasteiger partial charge in [-0.2, -0.15) is 0 Å². The van der Waals surface area contributed by atoms with Gasteiger partial charge in [0.25, 0.3) is 0 Å². The van der Waals surface area contributed by atoms with Crippen molar-refractivity contribution >= 4 is 23.2 Å². The highest BCUT2D eigenvalue weighted by atomic mass is 35.5. The van der Waals surface area contributed by atoms with Crippen LogP contribution in [-0.2, 0) is 13.0 Å². The molecule has 2 rings (SSSR count). The van der Waals surface area contributed by atoms with E-state index in [2.05, 4.69) is 30.2 Å². The summed E-state index contributed by atoms with van der Waals surface area (Å²) in [6, 6.07) is 9.83. The Labute approximate surface area is 130 Å². The summed E-state index contributed by atoms with van der Waals surface area (Å²) in [7, 11) is 0. The molecule has 0 aliphatic carbocycles. The quantitative estimate of drug-likeness (QED) is 0.858. The fourth-order valence-electron chi connectivity index (χ4n) is 2.16. The van der Waals surface area contributed by atoms with Gasteiger partial charge >= 0.3 is 0 Å². The summed E-state index contributed by atoms with van der Waals surface area (Å²) < 4.78 is 0. The van der Waals surface area contributed by atoms with Gasteiger partial charge in [0.05, 0.1) is 5.69 Å². The van der Waals surface area contributed by atoms with E-state index >= 15 is 0 Å². The largest absolute Gasteiger partial charge is 0.305 e. The van der Waals surface area contributed by atoms with Crippen LogP contribution in [0.25, 0.3) is 0 Å². The molecule has 1 aromatic heterocycles. The van der Waals surface area contributed by atoms with Gasteiger partial charge < -0.3 is 5.32 Å². The number of nitrogens with one attached hydrogen (secondary N) is 1. The Balaban J connectivity index is 2.06. The van der Waals surface area contributed by atoms with E-state index in [0.29, 0.717) is 10.0 Å². The molecule has 4 heteroatoms. The number of aryl methyl sites for hydroxylation is 1. The molecule has 1 unspecified atom stereocenters. The molecular formula is C16H18Cl2N2. The maximum absolute atomic E-state index is 6.22. The predicted molar refractivity (Wildman–Crippen MR) is 85.3 cm³/mol. The minimum atomic E-state index is 0.145. The van der Waals surface area contributed by atoms with Crippen molar-refractivity contribution in [1.82, 2.24) is 10.3 Å². The molecule has 1 aromatic carbocycles. The van der Waals surface area contributed by atoms with Gasteiger partial charge in [0, 0.05) is 28.8 Å². The normalized spacial score (nSPS) is 12.4. The first-order chi connectivity index (χ1) is 9.61. The van der Waals surface area contributed by atoms with Gasteiger partial charge in [-0.25, -0.2) is 0 Å². The summed E-state index contributed by atoms with van der Waals surface area (Å²) >= 11 is 12.1. The van der Waals surface area contributed by atoms with Crippen LogP contribution in [0.3, 0.4) is 0 Å². The topological polar surface area (TPSA) is 24.9 Å². The molecule has 0 amide bonds. The third-order valence-electron chi connectivity index (χ3n) is 3.37. The highest BCUT2D eigenvalue weighted by molar-refractivity contribution is 6.35. The van der Waals surface area contributed by atoms with E-state index in [4.69, 9.17) is 23.2 Å². The van der Waals surface area contributed by atoms with Crippen LogP contribution in [0.4, 0.5) is 0 Å². The number of aromatic nitrogens is 1. The lowest BCUT2D eigenvalue weighted by Crippen LogP contribution is -2.20. The van der Waals surface area contributed by atoms with Crippen LogP contribution >= 0.6 is 23.2 Å². The molecule has 0 bridgehead atoms. The minimum absolute atomic E-state index is 0.145.